The number of carboxylic acids is 1. The van der Waals surface area contributed by atoms with Crippen LogP contribution in [0.1, 0.15) is 95.3 Å². The lowest BCUT2D eigenvalue weighted by Gasteiger charge is -2.28. The normalized spacial score (nSPS) is 12.8. The van der Waals surface area contributed by atoms with Crippen LogP contribution in [0.25, 0.3) is 0 Å². The zero-order valence-electron chi connectivity index (χ0n) is 24.6. The Kier molecular flexibility index (Phi) is 19.9. The maximum Gasteiger partial charge on any atom is 0.339 e. The summed E-state index contributed by atoms with van der Waals surface area (Å²) >= 11 is 1.61. The van der Waals surface area contributed by atoms with Crippen LogP contribution in [0.5, 0.6) is 5.75 Å². The van der Waals surface area contributed by atoms with Crippen LogP contribution in [0.15, 0.2) is 97.2 Å². The summed E-state index contributed by atoms with van der Waals surface area (Å²) in [6, 6.07) is 6.28. The first kappa shape index (κ1) is 35.0. The molecule has 0 saturated heterocycles. The summed E-state index contributed by atoms with van der Waals surface area (Å²) in [7, 11) is 0. The van der Waals surface area contributed by atoms with E-state index in [-0.39, 0.29) is 17.3 Å². The molecule has 1 aromatic carbocycles. The van der Waals surface area contributed by atoms with Crippen molar-refractivity contribution in [1.29, 1.82) is 0 Å². The van der Waals surface area contributed by atoms with Crippen LogP contribution in [-0.2, 0) is 4.79 Å². The number of carbonyl (C=O) groups is 2. The van der Waals surface area contributed by atoms with E-state index in [1.54, 1.807) is 23.9 Å². The van der Waals surface area contributed by atoms with Crippen LogP contribution in [0, 0.1) is 0 Å². The number of carboxylic acid groups (broad SMARTS) is 1. The number of aromatic carboxylic acids is 1. The summed E-state index contributed by atoms with van der Waals surface area (Å²) < 4.78 is 4.90. The topological polar surface area (TPSA) is 63.6 Å². The number of unbranched alkanes of at least 4 members (excludes halogenated alkanes) is 1. The molecule has 0 radical (unpaired) electrons. The van der Waals surface area contributed by atoms with Gasteiger partial charge in [0.25, 0.3) is 0 Å². The van der Waals surface area contributed by atoms with Crippen LogP contribution in [0.3, 0.4) is 0 Å². The highest BCUT2D eigenvalue weighted by Crippen LogP contribution is 2.35. The molecular formula is C35H48O4S. The van der Waals surface area contributed by atoms with Crippen molar-refractivity contribution in [2.45, 2.75) is 89.7 Å². The first-order chi connectivity index (χ1) is 19.5. The van der Waals surface area contributed by atoms with E-state index in [0.717, 1.165) is 57.1 Å². The molecule has 0 saturated carbocycles. The van der Waals surface area contributed by atoms with E-state index in [0.29, 0.717) is 12.8 Å². The van der Waals surface area contributed by atoms with Crippen molar-refractivity contribution in [3.05, 3.63) is 103 Å². The number of benzene rings is 1. The Morgan fingerprint density at radius 3 is 1.70 bits per heavy atom. The summed E-state index contributed by atoms with van der Waals surface area (Å²) in [4.78, 5) is 24.5. The van der Waals surface area contributed by atoms with Crippen molar-refractivity contribution < 1.29 is 19.4 Å². The van der Waals surface area contributed by atoms with Gasteiger partial charge in [0.1, 0.15) is 16.1 Å². The summed E-state index contributed by atoms with van der Waals surface area (Å²) in [5.41, 5.74) is -0.000367. The SMILES string of the molecule is CCC=CCC=CCC=CCC=CCC=CCC=CCCCSC(CC)(CC)C(=O)Oc1ccccc1C(=O)O. The lowest BCUT2D eigenvalue weighted by atomic mass is 10.0. The Morgan fingerprint density at radius 2 is 1.23 bits per heavy atom. The molecule has 5 heteroatoms. The third-order valence-corrected chi connectivity index (χ3v) is 8.11. The Morgan fingerprint density at radius 1 is 0.750 bits per heavy atom. The molecule has 0 atom stereocenters. The molecule has 0 bridgehead atoms. The highest BCUT2D eigenvalue weighted by molar-refractivity contribution is 8.01. The minimum Gasteiger partial charge on any atom is -0.478 e. The molecule has 0 heterocycles. The minimum absolute atomic E-state index is 0.000367. The number of ether oxygens (including phenoxy) is 1. The fourth-order valence-electron chi connectivity index (χ4n) is 3.84. The van der Waals surface area contributed by atoms with Gasteiger partial charge in [0.2, 0.25) is 0 Å². The molecule has 0 unspecified atom stereocenters. The molecule has 0 spiro atoms. The number of hydrogen-bond acceptors (Lipinski definition) is 4. The van der Waals surface area contributed by atoms with E-state index in [1.807, 2.05) is 13.8 Å². The lowest BCUT2D eigenvalue weighted by Crippen LogP contribution is -2.38. The molecule has 1 rings (SSSR count). The van der Waals surface area contributed by atoms with Gasteiger partial charge in [-0.15, -0.1) is 11.8 Å². The Bertz CT molecular complexity index is 1030. The smallest absolute Gasteiger partial charge is 0.339 e. The van der Waals surface area contributed by atoms with Gasteiger partial charge in [0.15, 0.2) is 0 Å². The van der Waals surface area contributed by atoms with Crippen LogP contribution < -0.4 is 4.74 Å². The largest absolute Gasteiger partial charge is 0.478 e. The van der Waals surface area contributed by atoms with Crippen LogP contribution in [-0.4, -0.2) is 27.5 Å². The second-order valence-corrected chi connectivity index (χ2v) is 10.8. The molecular weight excluding hydrogens is 516 g/mol. The number of para-hydroxylation sites is 1. The maximum absolute atomic E-state index is 13.0. The van der Waals surface area contributed by atoms with Crippen LogP contribution >= 0.6 is 11.8 Å². The summed E-state index contributed by atoms with van der Waals surface area (Å²) in [6.45, 7) is 6.11. The maximum atomic E-state index is 13.0. The number of allylic oxidation sites excluding steroid dienone is 12. The molecule has 0 aliphatic carbocycles. The first-order valence-electron chi connectivity index (χ1n) is 14.6. The van der Waals surface area contributed by atoms with Gasteiger partial charge >= 0.3 is 11.9 Å². The van der Waals surface area contributed by atoms with E-state index in [4.69, 9.17) is 4.74 Å². The second kappa shape index (κ2) is 22.7. The number of thioether (sulfide) groups is 1. The van der Waals surface area contributed by atoms with Gasteiger partial charge in [0.05, 0.1) is 0 Å². The molecule has 0 fully saturated rings. The fourth-order valence-corrected chi connectivity index (χ4v) is 5.10. The number of carbonyl (C=O) groups excluding carboxylic acids is 1. The second-order valence-electron chi connectivity index (χ2n) is 9.30. The van der Waals surface area contributed by atoms with Crippen LogP contribution in [0.4, 0.5) is 0 Å². The molecule has 0 amide bonds. The van der Waals surface area contributed by atoms with E-state index in [2.05, 4.69) is 79.8 Å². The monoisotopic (exact) mass is 564 g/mol. The Labute approximate surface area is 246 Å². The lowest BCUT2D eigenvalue weighted by molar-refractivity contribution is -0.137. The molecule has 4 nitrogen and oxygen atoms in total. The molecule has 1 aromatic rings. The first-order valence-corrected chi connectivity index (χ1v) is 15.6. The van der Waals surface area contributed by atoms with Crippen molar-refractivity contribution in [2.24, 2.45) is 0 Å². The summed E-state index contributed by atoms with van der Waals surface area (Å²) in [5.74, 6) is -0.537. The third kappa shape index (κ3) is 14.9. The average molecular weight is 565 g/mol. The average Bonchev–Trinajstić information content (AvgIpc) is 2.96. The van der Waals surface area contributed by atoms with Crippen molar-refractivity contribution in [1.82, 2.24) is 0 Å². The summed E-state index contributed by atoms with van der Waals surface area (Å²) in [6.07, 6.45) is 35.5. The molecule has 0 aliphatic rings. The van der Waals surface area contributed by atoms with Crippen molar-refractivity contribution in [2.75, 3.05) is 5.75 Å². The third-order valence-electron chi connectivity index (χ3n) is 6.32. The van der Waals surface area contributed by atoms with Gasteiger partial charge in [-0.05, 0) is 82.1 Å². The van der Waals surface area contributed by atoms with Gasteiger partial charge in [0, 0.05) is 0 Å². The minimum atomic E-state index is -1.11. The molecule has 0 aliphatic heterocycles. The van der Waals surface area contributed by atoms with Crippen molar-refractivity contribution in [3.63, 3.8) is 0 Å². The zero-order chi connectivity index (χ0) is 29.3. The Balaban J connectivity index is 2.26. The summed E-state index contributed by atoms with van der Waals surface area (Å²) in [5, 5.41) is 9.37. The predicted molar refractivity (Wildman–Crippen MR) is 172 cm³/mol. The molecule has 1 N–H and O–H groups in total. The van der Waals surface area contributed by atoms with Gasteiger partial charge in [-0.25, -0.2) is 4.79 Å². The molecule has 40 heavy (non-hydrogen) atoms. The van der Waals surface area contributed by atoms with Gasteiger partial charge in [-0.2, -0.15) is 0 Å². The van der Waals surface area contributed by atoms with Gasteiger partial charge in [-0.1, -0.05) is 106 Å². The number of hydrogen-bond donors (Lipinski definition) is 1. The predicted octanol–water partition coefficient (Wildman–Crippen LogP) is 10.1. The van der Waals surface area contributed by atoms with E-state index >= 15 is 0 Å². The van der Waals surface area contributed by atoms with Crippen molar-refractivity contribution >= 4 is 23.7 Å². The van der Waals surface area contributed by atoms with Gasteiger partial charge < -0.3 is 9.84 Å². The number of rotatable bonds is 21. The van der Waals surface area contributed by atoms with Crippen LogP contribution in [0.2, 0.25) is 0 Å². The van der Waals surface area contributed by atoms with E-state index in [9.17, 15) is 14.7 Å². The van der Waals surface area contributed by atoms with E-state index < -0.39 is 10.7 Å². The highest BCUT2D eigenvalue weighted by Gasteiger charge is 2.37. The quantitative estimate of drug-likeness (QED) is 0.0696. The fraction of sp³-hybridized carbons (Fsp3) is 0.429. The molecule has 218 valence electrons. The van der Waals surface area contributed by atoms with Gasteiger partial charge in [-0.3, -0.25) is 4.79 Å². The zero-order valence-corrected chi connectivity index (χ0v) is 25.4. The standard InChI is InChI=1S/C35H48O4S/c1-4-7-8-9-10-11-12-13-14-15-16-17-18-19-20-21-22-23-24-27-30-40-35(5-2,6-3)34(38)39-32-29-26-25-28-31(32)33(36)37/h7-8,10-11,13-14,16-17,19-20,22-23,25-26,28-29H,4-6,9,12,15,18,21,24,27,30H2,1-3H3,(H,36,37). The number of esters is 1. The van der Waals surface area contributed by atoms with Crippen molar-refractivity contribution in [3.8, 4) is 5.75 Å². The van der Waals surface area contributed by atoms with E-state index in [1.165, 1.54) is 12.1 Å². The Hall–Kier alpha value is -3.05. The highest BCUT2D eigenvalue weighted by atomic mass is 32.2. The molecule has 0 aromatic heterocycles.